The van der Waals surface area contributed by atoms with Gasteiger partial charge in [0.05, 0.1) is 6.54 Å². The normalized spacial score (nSPS) is 19.9. The molecule has 1 aromatic carbocycles. The fourth-order valence-electron chi connectivity index (χ4n) is 4.83. The lowest BCUT2D eigenvalue weighted by Gasteiger charge is -2.30. The fourth-order valence-corrected chi connectivity index (χ4v) is 4.83. The second-order valence-corrected chi connectivity index (χ2v) is 8.88. The summed E-state index contributed by atoms with van der Waals surface area (Å²) in [6.45, 7) is 6.22. The molecule has 0 amide bonds. The van der Waals surface area contributed by atoms with Gasteiger partial charge in [-0.3, -0.25) is 14.5 Å². The Bertz CT molecular complexity index is 831. The lowest BCUT2D eigenvalue weighted by atomic mass is 9.89. The van der Waals surface area contributed by atoms with Crippen LogP contribution in [0.3, 0.4) is 0 Å². The maximum absolute atomic E-state index is 12.7. The summed E-state index contributed by atoms with van der Waals surface area (Å²) in [5, 5.41) is 0. The van der Waals surface area contributed by atoms with Crippen LogP contribution in [0.2, 0.25) is 0 Å². The van der Waals surface area contributed by atoms with E-state index in [1.807, 2.05) is 0 Å². The molecule has 0 bridgehead atoms. The number of piperidine rings is 1. The average Bonchev–Trinajstić information content (AvgIpc) is 2.84. The Morgan fingerprint density at radius 3 is 2.41 bits per heavy atom. The molecule has 0 N–H and O–H groups in total. The van der Waals surface area contributed by atoms with E-state index >= 15 is 0 Å². The van der Waals surface area contributed by atoms with Gasteiger partial charge in [0.25, 0.3) is 0 Å². The van der Waals surface area contributed by atoms with Crippen LogP contribution in [0.4, 0.5) is 0 Å². The van der Waals surface area contributed by atoms with Crippen molar-refractivity contribution in [2.45, 2.75) is 45.4 Å². The van der Waals surface area contributed by atoms with Gasteiger partial charge in [-0.25, -0.2) is 0 Å². The molecule has 1 fully saturated rings. The number of fused-ring (bicyclic) bond motifs is 1. The molecule has 1 saturated heterocycles. The predicted molar refractivity (Wildman–Crippen MR) is 116 cm³/mol. The molecule has 0 spiro atoms. The van der Waals surface area contributed by atoms with Crippen LogP contribution in [0.5, 0.6) is 0 Å². The van der Waals surface area contributed by atoms with E-state index in [2.05, 4.69) is 46.2 Å². The van der Waals surface area contributed by atoms with Crippen molar-refractivity contribution in [3.8, 4) is 0 Å². The van der Waals surface area contributed by atoms with Gasteiger partial charge in [-0.05, 0) is 80.5 Å². The molecule has 0 unspecified atom stereocenters. The molecule has 0 saturated carbocycles. The molecular weight excluding hydrogens is 360 g/mol. The Balaban J connectivity index is 1.27. The molecule has 0 radical (unpaired) electrons. The topological polar surface area (TPSA) is 40.6 Å². The zero-order valence-corrected chi connectivity index (χ0v) is 17.5. The molecule has 1 aliphatic carbocycles. The number of Topliss-reactive ketones (excluding diaryl/α,β-unsaturated/α-hetero) is 2. The van der Waals surface area contributed by atoms with E-state index in [1.54, 1.807) is 6.92 Å². The third-order valence-corrected chi connectivity index (χ3v) is 6.54. The van der Waals surface area contributed by atoms with Gasteiger partial charge < -0.3 is 4.90 Å². The maximum atomic E-state index is 12.7. The Hall–Kier alpha value is -2.20. The zero-order valence-electron chi connectivity index (χ0n) is 17.5. The molecular formula is C25H32N2O2. The number of carbonyl (C=O) groups excluding carboxylic acids is 2. The van der Waals surface area contributed by atoms with Gasteiger partial charge in [0.2, 0.25) is 0 Å². The van der Waals surface area contributed by atoms with Crippen LogP contribution < -0.4 is 0 Å². The van der Waals surface area contributed by atoms with E-state index in [0.717, 1.165) is 51.9 Å². The minimum absolute atomic E-state index is 0.228. The van der Waals surface area contributed by atoms with Crippen LogP contribution in [-0.2, 0) is 28.9 Å². The first kappa shape index (κ1) is 20.1. The van der Waals surface area contributed by atoms with Gasteiger partial charge in [-0.1, -0.05) is 24.3 Å². The van der Waals surface area contributed by atoms with Crippen LogP contribution in [0.25, 0.3) is 0 Å². The largest absolute Gasteiger partial charge is 0.371 e. The van der Waals surface area contributed by atoms with E-state index in [1.165, 1.54) is 22.4 Å². The molecule has 29 heavy (non-hydrogen) atoms. The third kappa shape index (κ3) is 5.24. The van der Waals surface area contributed by atoms with Gasteiger partial charge in [0.15, 0.2) is 0 Å². The first-order valence-electron chi connectivity index (χ1n) is 11.0. The van der Waals surface area contributed by atoms with Crippen molar-refractivity contribution >= 4 is 11.6 Å². The number of ketones is 2. The average molecular weight is 393 g/mol. The maximum Gasteiger partial charge on any atom is 0.143 e. The van der Waals surface area contributed by atoms with E-state index in [4.69, 9.17) is 0 Å². The van der Waals surface area contributed by atoms with Gasteiger partial charge >= 0.3 is 0 Å². The number of benzene rings is 1. The molecule has 2 heterocycles. The number of hydrogen-bond acceptors (Lipinski definition) is 4. The van der Waals surface area contributed by atoms with Crippen LogP contribution in [0.1, 0.15) is 42.9 Å². The molecule has 2 aliphatic heterocycles. The second-order valence-electron chi connectivity index (χ2n) is 8.88. The summed E-state index contributed by atoms with van der Waals surface area (Å²) < 4.78 is 0. The predicted octanol–water partition coefficient (Wildman–Crippen LogP) is 3.34. The highest BCUT2D eigenvalue weighted by Gasteiger charge is 2.22. The van der Waals surface area contributed by atoms with Gasteiger partial charge in [0, 0.05) is 31.6 Å². The molecule has 4 rings (SSSR count). The van der Waals surface area contributed by atoms with E-state index in [-0.39, 0.29) is 5.78 Å². The summed E-state index contributed by atoms with van der Waals surface area (Å²) in [5.74, 6) is 1.06. The quantitative estimate of drug-likeness (QED) is 0.714. The Labute approximate surface area is 174 Å². The van der Waals surface area contributed by atoms with Crippen LogP contribution in [0.15, 0.2) is 42.1 Å². The SMILES string of the molecule is CC(=O)CN1CCC(CC(=O)Cc2ccc3c(c2)CCN(C2=CC=C2)CC3)CC1. The van der Waals surface area contributed by atoms with Crippen molar-refractivity contribution in [1.82, 2.24) is 9.80 Å². The van der Waals surface area contributed by atoms with E-state index in [0.29, 0.717) is 31.1 Å². The van der Waals surface area contributed by atoms with Crippen molar-refractivity contribution in [1.29, 1.82) is 0 Å². The standard InChI is InChI=1S/C25H32N2O2/c1-19(28)18-26-11-7-20(8-12-26)16-25(29)17-21-5-6-22-9-13-27(24-3-2-4-24)14-10-23(22)15-21/h2-6,15,20H,7-14,16-18H2,1H3. The molecule has 0 aromatic heterocycles. The van der Waals surface area contributed by atoms with Crippen molar-refractivity contribution in [2.75, 3.05) is 32.7 Å². The van der Waals surface area contributed by atoms with Gasteiger partial charge in [-0.15, -0.1) is 0 Å². The van der Waals surface area contributed by atoms with Crippen LogP contribution in [-0.4, -0.2) is 54.1 Å². The first-order chi connectivity index (χ1) is 14.1. The van der Waals surface area contributed by atoms with Gasteiger partial charge in [-0.2, -0.15) is 0 Å². The first-order valence-corrected chi connectivity index (χ1v) is 11.0. The highest BCUT2D eigenvalue weighted by Crippen LogP contribution is 2.24. The molecule has 4 heteroatoms. The second kappa shape index (κ2) is 9.08. The Morgan fingerprint density at radius 2 is 1.76 bits per heavy atom. The fraction of sp³-hybridized carbons (Fsp3) is 0.520. The molecule has 1 aromatic rings. The summed E-state index contributed by atoms with van der Waals surface area (Å²) >= 11 is 0. The number of rotatable bonds is 7. The summed E-state index contributed by atoms with van der Waals surface area (Å²) in [5.41, 5.74) is 5.37. The van der Waals surface area contributed by atoms with Gasteiger partial charge in [0.1, 0.15) is 11.6 Å². The lowest BCUT2D eigenvalue weighted by molar-refractivity contribution is -0.121. The summed E-state index contributed by atoms with van der Waals surface area (Å²) in [7, 11) is 0. The van der Waals surface area contributed by atoms with Crippen LogP contribution >= 0.6 is 0 Å². The summed E-state index contributed by atoms with van der Waals surface area (Å²) in [4.78, 5) is 28.6. The van der Waals surface area contributed by atoms with Crippen molar-refractivity contribution in [3.63, 3.8) is 0 Å². The monoisotopic (exact) mass is 392 g/mol. The number of nitrogens with zero attached hydrogens (tertiary/aromatic N) is 2. The number of carbonyl (C=O) groups is 2. The minimum Gasteiger partial charge on any atom is -0.371 e. The molecule has 154 valence electrons. The highest BCUT2D eigenvalue weighted by molar-refractivity contribution is 5.81. The minimum atomic E-state index is 0.228. The molecule has 0 atom stereocenters. The number of likely N-dealkylation sites (tertiary alicyclic amines) is 1. The molecule has 3 aliphatic rings. The van der Waals surface area contributed by atoms with E-state index < -0.39 is 0 Å². The Morgan fingerprint density at radius 1 is 1.03 bits per heavy atom. The van der Waals surface area contributed by atoms with Crippen molar-refractivity contribution in [2.24, 2.45) is 5.92 Å². The van der Waals surface area contributed by atoms with E-state index in [9.17, 15) is 9.59 Å². The van der Waals surface area contributed by atoms with Crippen molar-refractivity contribution in [3.05, 3.63) is 58.8 Å². The van der Waals surface area contributed by atoms with Crippen molar-refractivity contribution < 1.29 is 9.59 Å². The smallest absolute Gasteiger partial charge is 0.143 e. The van der Waals surface area contributed by atoms with Crippen LogP contribution in [0, 0.1) is 5.92 Å². The lowest BCUT2D eigenvalue weighted by Crippen LogP contribution is -2.37. The summed E-state index contributed by atoms with van der Waals surface area (Å²) in [6.07, 6.45) is 11.9. The third-order valence-electron chi connectivity index (χ3n) is 6.54. The Kier molecular flexibility index (Phi) is 6.29. The summed E-state index contributed by atoms with van der Waals surface area (Å²) in [6, 6.07) is 6.67. The zero-order chi connectivity index (χ0) is 20.2. The highest BCUT2D eigenvalue weighted by atomic mass is 16.1. The molecule has 4 nitrogen and oxygen atoms in total. The number of allylic oxidation sites excluding steroid dienone is 3. The number of hydrogen-bond donors (Lipinski definition) is 0.